The minimum absolute atomic E-state index is 0.211. The van der Waals surface area contributed by atoms with Gasteiger partial charge in [0.2, 0.25) is 0 Å². The molecule has 0 atom stereocenters. The van der Waals surface area contributed by atoms with Gasteiger partial charge in [-0.1, -0.05) is 0 Å². The second kappa shape index (κ2) is 2.53. The number of nitrogens with two attached hydrogens (primary N) is 2. The average Bonchev–Trinajstić information content (AvgIpc) is 1.95. The third kappa shape index (κ3) is 1.16. The van der Waals surface area contributed by atoms with Crippen molar-refractivity contribution in [1.29, 1.82) is 0 Å². The maximum Gasteiger partial charge on any atom is 0.271 e. The van der Waals surface area contributed by atoms with E-state index in [4.69, 9.17) is 11.5 Å². The molecule has 10 heavy (non-hydrogen) atoms. The first kappa shape index (κ1) is 6.82. The molecular formula is C6H9N3O. The van der Waals surface area contributed by atoms with Gasteiger partial charge >= 0.3 is 0 Å². The van der Waals surface area contributed by atoms with E-state index in [1.54, 1.807) is 12.3 Å². The Kier molecular flexibility index (Phi) is 1.73. The second-order valence-electron chi connectivity index (χ2n) is 2.00. The lowest BCUT2D eigenvalue weighted by atomic mass is 10.3. The highest BCUT2D eigenvalue weighted by atomic mass is 16.1. The molecule has 4 heteroatoms. The van der Waals surface area contributed by atoms with E-state index >= 15 is 0 Å². The third-order valence-corrected chi connectivity index (χ3v) is 1.23. The molecule has 0 radical (unpaired) electrons. The Morgan fingerprint density at radius 3 is 2.80 bits per heavy atom. The van der Waals surface area contributed by atoms with E-state index in [-0.39, 0.29) is 11.2 Å². The van der Waals surface area contributed by atoms with Gasteiger partial charge in [-0.15, -0.1) is 0 Å². The molecule has 1 aromatic rings. The number of pyridine rings is 1. The van der Waals surface area contributed by atoms with Crippen molar-refractivity contribution >= 4 is 5.69 Å². The van der Waals surface area contributed by atoms with Gasteiger partial charge in [0.05, 0.1) is 5.69 Å². The minimum atomic E-state index is -0.266. The fourth-order valence-corrected chi connectivity index (χ4v) is 0.666. The minimum Gasteiger partial charge on any atom is -0.394 e. The zero-order valence-electron chi connectivity index (χ0n) is 5.42. The molecule has 0 bridgehead atoms. The van der Waals surface area contributed by atoms with Crippen LogP contribution in [0.4, 0.5) is 5.69 Å². The topological polar surface area (TPSA) is 84.9 Å². The number of rotatable bonds is 1. The SMILES string of the molecule is NCc1c[nH]c(=O)c(N)c1. The van der Waals surface area contributed by atoms with Crippen LogP contribution in [0.5, 0.6) is 0 Å². The van der Waals surface area contributed by atoms with Crippen LogP contribution < -0.4 is 17.0 Å². The molecule has 1 heterocycles. The van der Waals surface area contributed by atoms with Crippen molar-refractivity contribution in [1.82, 2.24) is 4.98 Å². The summed E-state index contributed by atoms with van der Waals surface area (Å²) in [4.78, 5) is 13.1. The van der Waals surface area contributed by atoms with Crippen LogP contribution in [0.3, 0.4) is 0 Å². The molecule has 4 nitrogen and oxygen atoms in total. The molecule has 0 aliphatic heterocycles. The van der Waals surface area contributed by atoms with E-state index in [9.17, 15) is 4.79 Å². The Balaban J connectivity index is 3.17. The van der Waals surface area contributed by atoms with Gasteiger partial charge in [0, 0.05) is 12.7 Å². The van der Waals surface area contributed by atoms with Crippen molar-refractivity contribution in [2.24, 2.45) is 5.73 Å². The third-order valence-electron chi connectivity index (χ3n) is 1.23. The lowest BCUT2D eigenvalue weighted by Crippen LogP contribution is -2.12. The molecule has 1 rings (SSSR count). The second-order valence-corrected chi connectivity index (χ2v) is 2.00. The van der Waals surface area contributed by atoms with E-state index in [1.165, 1.54) is 0 Å². The Bertz CT molecular complexity index is 279. The molecule has 0 saturated heterocycles. The maximum atomic E-state index is 10.7. The summed E-state index contributed by atoms with van der Waals surface area (Å²) in [6.45, 7) is 0.390. The van der Waals surface area contributed by atoms with Crippen molar-refractivity contribution in [3.05, 3.63) is 28.2 Å². The summed E-state index contributed by atoms with van der Waals surface area (Å²) >= 11 is 0. The highest BCUT2D eigenvalue weighted by molar-refractivity contribution is 5.36. The van der Waals surface area contributed by atoms with Crippen LogP contribution in [0.25, 0.3) is 0 Å². The zero-order chi connectivity index (χ0) is 7.56. The van der Waals surface area contributed by atoms with Crippen molar-refractivity contribution in [2.75, 3.05) is 5.73 Å². The number of nitrogens with one attached hydrogen (secondary N) is 1. The molecule has 0 aliphatic rings. The molecule has 0 unspecified atom stereocenters. The molecule has 54 valence electrons. The van der Waals surface area contributed by atoms with Crippen LogP contribution in [-0.2, 0) is 6.54 Å². The lowest BCUT2D eigenvalue weighted by molar-refractivity contribution is 1.04. The lowest BCUT2D eigenvalue weighted by Gasteiger charge is -1.95. The molecule has 0 amide bonds. The molecule has 5 N–H and O–H groups in total. The van der Waals surface area contributed by atoms with Crippen LogP contribution in [0.1, 0.15) is 5.56 Å². The number of hydrogen-bond acceptors (Lipinski definition) is 3. The number of aromatic nitrogens is 1. The van der Waals surface area contributed by atoms with Crippen LogP contribution in [0, 0.1) is 0 Å². The van der Waals surface area contributed by atoms with Crippen LogP contribution in [0.2, 0.25) is 0 Å². The zero-order valence-corrected chi connectivity index (χ0v) is 5.42. The molecule has 0 aliphatic carbocycles. The Morgan fingerprint density at radius 2 is 2.30 bits per heavy atom. The normalized spacial score (nSPS) is 9.70. The summed E-state index contributed by atoms with van der Waals surface area (Å²) in [5, 5.41) is 0. The van der Waals surface area contributed by atoms with Crippen molar-refractivity contribution in [2.45, 2.75) is 6.54 Å². The molecule has 0 spiro atoms. The molecular weight excluding hydrogens is 130 g/mol. The van der Waals surface area contributed by atoms with Gasteiger partial charge in [-0.3, -0.25) is 4.79 Å². The Labute approximate surface area is 57.9 Å². The van der Waals surface area contributed by atoms with Crippen LogP contribution >= 0.6 is 0 Å². The fourth-order valence-electron chi connectivity index (χ4n) is 0.666. The highest BCUT2D eigenvalue weighted by Crippen LogP contribution is 1.96. The number of aromatic amines is 1. The monoisotopic (exact) mass is 139 g/mol. The summed E-state index contributed by atoms with van der Waals surface area (Å²) in [5.41, 5.74) is 11.4. The van der Waals surface area contributed by atoms with E-state index < -0.39 is 0 Å². The smallest absolute Gasteiger partial charge is 0.271 e. The predicted molar refractivity (Wildman–Crippen MR) is 39.4 cm³/mol. The van der Waals surface area contributed by atoms with Crippen molar-refractivity contribution in [3.63, 3.8) is 0 Å². The largest absolute Gasteiger partial charge is 0.394 e. The van der Waals surface area contributed by atoms with Crippen LogP contribution in [0.15, 0.2) is 17.1 Å². The predicted octanol–water partition coefficient (Wildman–Crippen LogP) is -0.584. The molecule has 0 aromatic carbocycles. The summed E-state index contributed by atoms with van der Waals surface area (Å²) in [5.74, 6) is 0. The summed E-state index contributed by atoms with van der Waals surface area (Å²) in [6.07, 6.45) is 1.55. The van der Waals surface area contributed by atoms with E-state index in [1.807, 2.05) is 0 Å². The van der Waals surface area contributed by atoms with Crippen LogP contribution in [-0.4, -0.2) is 4.98 Å². The van der Waals surface area contributed by atoms with Gasteiger partial charge in [0.1, 0.15) is 0 Å². The van der Waals surface area contributed by atoms with E-state index in [0.29, 0.717) is 6.54 Å². The van der Waals surface area contributed by atoms with Crippen molar-refractivity contribution < 1.29 is 0 Å². The highest BCUT2D eigenvalue weighted by Gasteiger charge is 1.93. The van der Waals surface area contributed by atoms with Crippen molar-refractivity contribution in [3.8, 4) is 0 Å². The number of nitrogen functional groups attached to an aromatic ring is 1. The number of H-pyrrole nitrogens is 1. The van der Waals surface area contributed by atoms with Gasteiger partial charge in [-0.25, -0.2) is 0 Å². The van der Waals surface area contributed by atoms with E-state index in [0.717, 1.165) is 5.56 Å². The van der Waals surface area contributed by atoms with E-state index in [2.05, 4.69) is 4.98 Å². The summed E-state index contributed by atoms with van der Waals surface area (Å²) < 4.78 is 0. The Hall–Kier alpha value is -1.29. The quantitative estimate of drug-likeness (QED) is 0.486. The van der Waals surface area contributed by atoms with Gasteiger partial charge in [-0.05, 0) is 11.6 Å². The first-order valence-electron chi connectivity index (χ1n) is 2.91. The molecule has 1 aromatic heterocycles. The number of hydrogen-bond donors (Lipinski definition) is 3. The van der Waals surface area contributed by atoms with Gasteiger partial charge in [0.15, 0.2) is 0 Å². The number of anilines is 1. The first-order valence-corrected chi connectivity index (χ1v) is 2.91. The molecule has 0 saturated carbocycles. The summed E-state index contributed by atoms with van der Waals surface area (Å²) in [6, 6.07) is 1.57. The Morgan fingerprint density at radius 1 is 1.60 bits per heavy atom. The maximum absolute atomic E-state index is 10.7. The van der Waals surface area contributed by atoms with Gasteiger partial charge in [-0.2, -0.15) is 0 Å². The fraction of sp³-hybridized carbons (Fsp3) is 0.167. The first-order chi connectivity index (χ1) is 4.74. The average molecular weight is 139 g/mol. The molecule has 0 fully saturated rings. The standard InChI is InChI=1S/C6H9N3O/c7-2-4-1-5(8)6(10)9-3-4/h1,3H,2,7-8H2,(H,9,10). The summed E-state index contributed by atoms with van der Waals surface area (Å²) in [7, 11) is 0. The van der Waals surface area contributed by atoms with Gasteiger partial charge < -0.3 is 16.5 Å². The van der Waals surface area contributed by atoms with Gasteiger partial charge in [0.25, 0.3) is 5.56 Å².